The molecule has 2 aromatic heterocycles. The molecule has 0 fully saturated rings. The molecule has 0 atom stereocenters. The molecule has 0 aliphatic rings. The van der Waals surface area contributed by atoms with E-state index in [-0.39, 0.29) is 0 Å². The summed E-state index contributed by atoms with van der Waals surface area (Å²) in [5, 5.41) is 0.635. The van der Waals surface area contributed by atoms with E-state index < -0.39 is 0 Å². The minimum atomic E-state index is 0.558. The highest BCUT2D eigenvalue weighted by atomic mass is 32.2. The van der Waals surface area contributed by atoms with Crippen LogP contribution in [0.3, 0.4) is 0 Å². The van der Waals surface area contributed by atoms with Crippen molar-refractivity contribution in [1.82, 2.24) is 19.3 Å². The van der Waals surface area contributed by atoms with Crippen LogP contribution in [0.15, 0.2) is 21.9 Å². The SMILES string of the molecule is Cc1nsc(Sc2ncc(N)cn2)n1. The number of nitrogens with zero attached hydrogens (tertiary/aromatic N) is 4. The van der Waals surface area contributed by atoms with Crippen LogP contribution >= 0.6 is 23.3 Å². The molecule has 0 amide bonds. The molecule has 0 saturated heterocycles. The molecule has 2 heterocycles. The molecule has 14 heavy (non-hydrogen) atoms. The molecule has 0 radical (unpaired) electrons. The molecule has 2 N–H and O–H groups in total. The van der Waals surface area contributed by atoms with Gasteiger partial charge in [0.2, 0.25) is 0 Å². The monoisotopic (exact) mass is 225 g/mol. The van der Waals surface area contributed by atoms with Crippen LogP contribution in [0, 0.1) is 6.92 Å². The Balaban J connectivity index is 2.15. The van der Waals surface area contributed by atoms with Gasteiger partial charge in [-0.2, -0.15) is 4.37 Å². The van der Waals surface area contributed by atoms with Crippen LogP contribution in [0.1, 0.15) is 5.82 Å². The molecule has 0 spiro atoms. The lowest BCUT2D eigenvalue weighted by Gasteiger charge is -1.94. The highest BCUT2D eigenvalue weighted by molar-refractivity contribution is 8.00. The Labute approximate surface area is 89.0 Å². The van der Waals surface area contributed by atoms with Gasteiger partial charge in [0.15, 0.2) is 9.50 Å². The van der Waals surface area contributed by atoms with E-state index in [0.29, 0.717) is 10.8 Å². The van der Waals surface area contributed by atoms with Gasteiger partial charge in [-0.25, -0.2) is 15.0 Å². The van der Waals surface area contributed by atoms with Gasteiger partial charge in [-0.1, -0.05) is 0 Å². The van der Waals surface area contributed by atoms with Crippen LogP contribution in [0.2, 0.25) is 0 Å². The number of hydrogen-bond acceptors (Lipinski definition) is 7. The molecule has 7 heteroatoms. The summed E-state index contributed by atoms with van der Waals surface area (Å²) in [5.74, 6) is 0.771. The zero-order valence-electron chi connectivity index (χ0n) is 7.34. The van der Waals surface area contributed by atoms with Gasteiger partial charge < -0.3 is 5.73 Å². The molecule has 0 aromatic carbocycles. The van der Waals surface area contributed by atoms with Crippen molar-refractivity contribution in [2.45, 2.75) is 16.4 Å². The lowest BCUT2D eigenvalue weighted by Crippen LogP contribution is -1.90. The van der Waals surface area contributed by atoms with E-state index in [2.05, 4.69) is 19.3 Å². The van der Waals surface area contributed by atoms with Gasteiger partial charge in [0.1, 0.15) is 5.82 Å². The smallest absolute Gasteiger partial charge is 0.194 e. The van der Waals surface area contributed by atoms with Gasteiger partial charge >= 0.3 is 0 Å². The third-order valence-corrected chi connectivity index (χ3v) is 3.07. The summed E-state index contributed by atoms with van der Waals surface area (Å²) >= 11 is 2.72. The maximum atomic E-state index is 5.46. The second-order valence-corrected chi connectivity index (χ2v) is 4.47. The standard InChI is InChI=1S/C7H7N5S2/c1-4-11-7(14-12-4)13-6-9-2-5(8)3-10-6/h2-3H,8H2,1H3. The molecule has 2 aromatic rings. The number of rotatable bonds is 2. The molecule has 72 valence electrons. The molecule has 0 aliphatic carbocycles. The van der Waals surface area contributed by atoms with Gasteiger partial charge in [-0.15, -0.1) is 0 Å². The minimum Gasteiger partial charge on any atom is -0.396 e. The van der Waals surface area contributed by atoms with Crippen LogP contribution < -0.4 is 5.73 Å². The van der Waals surface area contributed by atoms with Crippen molar-refractivity contribution < 1.29 is 0 Å². The lowest BCUT2D eigenvalue weighted by molar-refractivity contribution is 0.967. The van der Waals surface area contributed by atoms with Gasteiger partial charge in [-0.3, -0.25) is 0 Å². The van der Waals surface area contributed by atoms with Crippen molar-refractivity contribution in [2.75, 3.05) is 5.73 Å². The summed E-state index contributed by atoms with van der Waals surface area (Å²) in [7, 11) is 0. The van der Waals surface area contributed by atoms with Gasteiger partial charge in [-0.05, 0) is 30.2 Å². The Morgan fingerprint density at radius 2 is 2.07 bits per heavy atom. The first-order valence-corrected chi connectivity index (χ1v) is 5.39. The van der Waals surface area contributed by atoms with Gasteiger partial charge in [0.25, 0.3) is 0 Å². The maximum Gasteiger partial charge on any atom is 0.194 e. The van der Waals surface area contributed by atoms with Crippen molar-refractivity contribution in [2.24, 2.45) is 0 Å². The van der Waals surface area contributed by atoms with E-state index in [1.54, 1.807) is 12.4 Å². The van der Waals surface area contributed by atoms with Crippen molar-refractivity contribution in [3.8, 4) is 0 Å². The summed E-state index contributed by atoms with van der Waals surface area (Å²) < 4.78 is 4.90. The number of aromatic nitrogens is 4. The Kier molecular flexibility index (Phi) is 2.60. The summed E-state index contributed by atoms with van der Waals surface area (Å²) in [4.78, 5) is 12.3. The van der Waals surface area contributed by atoms with Crippen LogP contribution in [0.4, 0.5) is 5.69 Å². The normalized spacial score (nSPS) is 10.4. The first kappa shape index (κ1) is 9.35. The van der Waals surface area contributed by atoms with Gasteiger partial charge in [0.05, 0.1) is 18.1 Å². The molecule has 5 nitrogen and oxygen atoms in total. The topological polar surface area (TPSA) is 77.6 Å². The zero-order valence-corrected chi connectivity index (χ0v) is 8.97. The summed E-state index contributed by atoms with van der Waals surface area (Å²) in [6, 6.07) is 0. The quantitative estimate of drug-likeness (QED) is 0.778. The first-order chi connectivity index (χ1) is 6.74. The van der Waals surface area contributed by atoms with E-state index in [4.69, 9.17) is 5.73 Å². The largest absolute Gasteiger partial charge is 0.396 e. The second-order valence-electron chi connectivity index (χ2n) is 2.51. The number of nitrogen functional groups attached to an aromatic ring is 1. The Morgan fingerprint density at radius 1 is 1.36 bits per heavy atom. The van der Waals surface area contributed by atoms with Crippen molar-refractivity contribution in [3.63, 3.8) is 0 Å². The molecular formula is C7H7N5S2. The van der Waals surface area contributed by atoms with E-state index in [0.717, 1.165) is 10.2 Å². The molecule has 0 bridgehead atoms. The van der Waals surface area contributed by atoms with Crippen molar-refractivity contribution >= 4 is 29.0 Å². The summed E-state index contributed by atoms with van der Waals surface area (Å²) in [6.45, 7) is 1.85. The van der Waals surface area contributed by atoms with Crippen molar-refractivity contribution in [3.05, 3.63) is 18.2 Å². The minimum absolute atomic E-state index is 0.558. The van der Waals surface area contributed by atoms with Crippen LogP contribution in [0.5, 0.6) is 0 Å². The number of nitrogens with two attached hydrogens (primary N) is 1. The fourth-order valence-electron chi connectivity index (χ4n) is 0.776. The zero-order chi connectivity index (χ0) is 9.97. The second kappa shape index (κ2) is 3.89. The maximum absolute atomic E-state index is 5.46. The predicted octanol–water partition coefficient (Wildman–Crippen LogP) is 1.37. The first-order valence-electron chi connectivity index (χ1n) is 3.80. The number of hydrogen-bond donors (Lipinski definition) is 1. The summed E-state index contributed by atoms with van der Waals surface area (Å²) in [5.41, 5.74) is 6.02. The lowest BCUT2D eigenvalue weighted by atomic mass is 10.6. The van der Waals surface area contributed by atoms with Crippen LogP contribution in [0.25, 0.3) is 0 Å². The Morgan fingerprint density at radius 3 is 2.64 bits per heavy atom. The van der Waals surface area contributed by atoms with E-state index in [1.165, 1.54) is 23.3 Å². The average molecular weight is 225 g/mol. The highest BCUT2D eigenvalue weighted by Gasteiger charge is 2.04. The summed E-state index contributed by atoms with van der Waals surface area (Å²) in [6.07, 6.45) is 3.15. The third-order valence-electron chi connectivity index (χ3n) is 1.34. The molecule has 2 rings (SSSR count). The average Bonchev–Trinajstić information content (AvgIpc) is 2.56. The fourth-order valence-corrected chi connectivity index (χ4v) is 2.23. The number of aryl methyl sites for hydroxylation is 1. The van der Waals surface area contributed by atoms with Crippen LogP contribution in [-0.4, -0.2) is 19.3 Å². The van der Waals surface area contributed by atoms with E-state index >= 15 is 0 Å². The molecule has 0 saturated carbocycles. The molecule has 0 unspecified atom stereocenters. The highest BCUT2D eigenvalue weighted by Crippen LogP contribution is 2.25. The predicted molar refractivity (Wildman–Crippen MR) is 55.2 cm³/mol. The van der Waals surface area contributed by atoms with E-state index in [1.807, 2.05) is 6.92 Å². The fraction of sp³-hybridized carbons (Fsp3) is 0.143. The third kappa shape index (κ3) is 2.18. The molecular weight excluding hydrogens is 218 g/mol. The van der Waals surface area contributed by atoms with Gasteiger partial charge in [0, 0.05) is 0 Å². The Bertz CT molecular complexity index is 424. The molecule has 0 aliphatic heterocycles. The van der Waals surface area contributed by atoms with Crippen LogP contribution in [-0.2, 0) is 0 Å². The number of anilines is 1. The van der Waals surface area contributed by atoms with Crippen molar-refractivity contribution in [1.29, 1.82) is 0 Å². The van der Waals surface area contributed by atoms with E-state index in [9.17, 15) is 0 Å². The Hall–Kier alpha value is -1.21.